The van der Waals surface area contributed by atoms with E-state index in [-0.39, 0.29) is 54.2 Å². The van der Waals surface area contributed by atoms with E-state index in [1.165, 1.54) is 11.0 Å². The Morgan fingerprint density at radius 1 is 1.48 bits per heavy atom. The van der Waals surface area contributed by atoms with Crippen molar-refractivity contribution in [1.82, 2.24) is 15.5 Å². The number of amides is 1. The SMILES string of the molecule is CN=C(NCC(=O)N(C)C)NC1CC1c1c(F)cccc1Cl.I. The maximum atomic E-state index is 13.9. The third-order valence-corrected chi connectivity index (χ3v) is 3.94. The standard InChI is InChI=1S/C15H20ClFN4O.HI/c1-18-15(19-8-13(22)21(2)3)20-12-7-9(12)14-10(16)5-4-6-11(14)17;/h4-6,9,12H,7-8H2,1-3H3,(H2,18,19,20);1H. The van der Waals surface area contributed by atoms with Gasteiger partial charge in [-0.3, -0.25) is 9.79 Å². The predicted molar refractivity (Wildman–Crippen MR) is 101 cm³/mol. The summed E-state index contributed by atoms with van der Waals surface area (Å²) in [5.74, 6) is 0.215. The molecule has 0 aromatic heterocycles. The molecule has 1 aliphatic rings. The minimum atomic E-state index is -0.285. The highest BCUT2D eigenvalue weighted by molar-refractivity contribution is 14.0. The predicted octanol–water partition coefficient (Wildman–Crippen LogP) is 2.21. The molecule has 1 aromatic rings. The van der Waals surface area contributed by atoms with Crippen molar-refractivity contribution in [2.45, 2.75) is 18.4 Å². The number of likely N-dealkylation sites (N-methyl/N-ethyl adjacent to an activating group) is 1. The lowest BCUT2D eigenvalue weighted by Crippen LogP contribution is -2.43. The summed E-state index contributed by atoms with van der Waals surface area (Å²) in [6.07, 6.45) is 0.781. The first-order valence-electron chi connectivity index (χ1n) is 7.05. The van der Waals surface area contributed by atoms with Gasteiger partial charge in [-0.25, -0.2) is 4.39 Å². The van der Waals surface area contributed by atoms with Crippen molar-refractivity contribution in [2.24, 2.45) is 4.99 Å². The maximum Gasteiger partial charge on any atom is 0.241 e. The third kappa shape index (κ3) is 5.20. The number of carbonyl (C=O) groups excluding carboxylic acids is 1. The van der Waals surface area contributed by atoms with Gasteiger partial charge in [-0.2, -0.15) is 0 Å². The van der Waals surface area contributed by atoms with E-state index in [9.17, 15) is 9.18 Å². The Labute approximate surface area is 157 Å². The summed E-state index contributed by atoms with van der Waals surface area (Å²) in [6, 6.07) is 4.77. The van der Waals surface area contributed by atoms with Gasteiger partial charge in [0.2, 0.25) is 5.91 Å². The van der Waals surface area contributed by atoms with Crippen LogP contribution in [-0.2, 0) is 4.79 Å². The second-order valence-electron chi connectivity index (χ2n) is 5.44. The number of nitrogens with one attached hydrogen (secondary N) is 2. The minimum absolute atomic E-state index is 0. The summed E-state index contributed by atoms with van der Waals surface area (Å²) < 4.78 is 13.9. The lowest BCUT2D eigenvalue weighted by atomic mass is 10.1. The van der Waals surface area contributed by atoms with Gasteiger partial charge in [0.1, 0.15) is 5.82 Å². The lowest BCUT2D eigenvalue weighted by molar-refractivity contribution is -0.127. The van der Waals surface area contributed by atoms with E-state index >= 15 is 0 Å². The summed E-state index contributed by atoms with van der Waals surface area (Å²) in [6.45, 7) is 0.157. The fraction of sp³-hybridized carbons (Fsp3) is 0.467. The highest BCUT2D eigenvalue weighted by Gasteiger charge is 2.41. The first-order chi connectivity index (χ1) is 10.4. The van der Waals surface area contributed by atoms with E-state index < -0.39 is 0 Å². The molecule has 0 heterocycles. The summed E-state index contributed by atoms with van der Waals surface area (Å²) in [5.41, 5.74) is 0.543. The van der Waals surface area contributed by atoms with E-state index in [0.29, 0.717) is 16.5 Å². The fourth-order valence-electron chi connectivity index (χ4n) is 2.23. The molecular formula is C15H21ClFIN4O. The van der Waals surface area contributed by atoms with Crippen molar-refractivity contribution in [3.05, 3.63) is 34.6 Å². The second kappa shape index (κ2) is 8.68. The Morgan fingerprint density at radius 2 is 2.17 bits per heavy atom. The molecule has 0 spiro atoms. The Balaban J connectivity index is 0.00000264. The van der Waals surface area contributed by atoms with Gasteiger partial charge >= 0.3 is 0 Å². The topological polar surface area (TPSA) is 56.7 Å². The number of carbonyl (C=O) groups is 1. The van der Waals surface area contributed by atoms with Crippen LogP contribution < -0.4 is 10.6 Å². The van der Waals surface area contributed by atoms with Crippen LogP contribution in [0.5, 0.6) is 0 Å². The molecule has 2 atom stereocenters. The summed E-state index contributed by atoms with van der Waals surface area (Å²) in [7, 11) is 5.01. The number of aliphatic imine (C=N–C) groups is 1. The molecule has 1 aromatic carbocycles. The zero-order valence-electron chi connectivity index (χ0n) is 13.3. The molecule has 2 N–H and O–H groups in total. The van der Waals surface area contributed by atoms with Gasteiger partial charge in [0, 0.05) is 43.7 Å². The molecule has 2 rings (SSSR count). The van der Waals surface area contributed by atoms with E-state index in [1.54, 1.807) is 33.3 Å². The molecule has 1 aliphatic carbocycles. The Morgan fingerprint density at radius 3 is 2.74 bits per heavy atom. The first-order valence-corrected chi connectivity index (χ1v) is 7.43. The summed E-state index contributed by atoms with van der Waals surface area (Å²) >= 11 is 6.07. The fourth-order valence-corrected chi connectivity index (χ4v) is 2.53. The molecule has 0 radical (unpaired) electrons. The van der Waals surface area contributed by atoms with Crippen LogP contribution in [0, 0.1) is 5.82 Å². The van der Waals surface area contributed by atoms with Gasteiger partial charge in [0.15, 0.2) is 5.96 Å². The quantitative estimate of drug-likeness (QED) is 0.417. The van der Waals surface area contributed by atoms with Gasteiger partial charge in [0.05, 0.1) is 6.54 Å². The van der Waals surface area contributed by atoms with Gasteiger partial charge in [-0.15, -0.1) is 24.0 Å². The minimum Gasteiger partial charge on any atom is -0.353 e. The van der Waals surface area contributed by atoms with Crippen LogP contribution in [0.3, 0.4) is 0 Å². The Bertz CT molecular complexity index is 577. The number of hydrogen-bond acceptors (Lipinski definition) is 2. The largest absolute Gasteiger partial charge is 0.353 e. The molecule has 1 fully saturated rings. The van der Waals surface area contributed by atoms with Gasteiger partial charge in [-0.1, -0.05) is 17.7 Å². The van der Waals surface area contributed by atoms with Gasteiger partial charge in [-0.05, 0) is 18.6 Å². The monoisotopic (exact) mass is 454 g/mol. The number of benzene rings is 1. The van der Waals surface area contributed by atoms with Crippen molar-refractivity contribution in [1.29, 1.82) is 0 Å². The number of guanidine groups is 1. The van der Waals surface area contributed by atoms with Crippen LogP contribution in [0.2, 0.25) is 5.02 Å². The smallest absolute Gasteiger partial charge is 0.241 e. The van der Waals surface area contributed by atoms with Crippen LogP contribution in [0.25, 0.3) is 0 Å². The third-order valence-electron chi connectivity index (χ3n) is 3.61. The van der Waals surface area contributed by atoms with Crippen molar-refractivity contribution in [3.8, 4) is 0 Å². The number of hydrogen-bond donors (Lipinski definition) is 2. The molecule has 8 heteroatoms. The molecule has 5 nitrogen and oxygen atoms in total. The maximum absolute atomic E-state index is 13.9. The molecule has 128 valence electrons. The van der Waals surface area contributed by atoms with Crippen LogP contribution in [-0.4, -0.2) is 50.5 Å². The normalized spacial score (nSPS) is 19.6. The van der Waals surface area contributed by atoms with Crippen LogP contribution in [0.15, 0.2) is 23.2 Å². The van der Waals surface area contributed by atoms with Gasteiger partial charge in [0.25, 0.3) is 0 Å². The highest BCUT2D eigenvalue weighted by atomic mass is 127. The van der Waals surface area contributed by atoms with Crippen molar-refractivity contribution in [3.63, 3.8) is 0 Å². The average molecular weight is 455 g/mol. The van der Waals surface area contributed by atoms with Crippen LogP contribution >= 0.6 is 35.6 Å². The van der Waals surface area contributed by atoms with Crippen molar-refractivity contribution in [2.75, 3.05) is 27.7 Å². The molecule has 0 bridgehead atoms. The van der Waals surface area contributed by atoms with E-state index in [0.717, 1.165) is 6.42 Å². The molecule has 0 aliphatic heterocycles. The summed E-state index contributed by atoms with van der Waals surface area (Å²) in [5, 5.41) is 6.57. The molecule has 2 unspecified atom stereocenters. The zero-order valence-corrected chi connectivity index (χ0v) is 16.4. The molecule has 1 amide bonds. The number of rotatable bonds is 4. The van der Waals surface area contributed by atoms with Crippen molar-refractivity contribution < 1.29 is 9.18 Å². The second-order valence-corrected chi connectivity index (χ2v) is 5.85. The average Bonchev–Trinajstić information content (AvgIpc) is 3.21. The highest BCUT2D eigenvalue weighted by Crippen LogP contribution is 2.44. The first kappa shape index (κ1) is 20.0. The zero-order chi connectivity index (χ0) is 16.3. The van der Waals surface area contributed by atoms with Crippen LogP contribution in [0.4, 0.5) is 4.39 Å². The number of nitrogens with zero attached hydrogens (tertiary/aromatic N) is 2. The lowest BCUT2D eigenvalue weighted by Gasteiger charge is -2.14. The molecular weight excluding hydrogens is 434 g/mol. The molecule has 0 saturated heterocycles. The molecule has 1 saturated carbocycles. The van der Waals surface area contributed by atoms with E-state index in [2.05, 4.69) is 15.6 Å². The van der Waals surface area contributed by atoms with Gasteiger partial charge < -0.3 is 15.5 Å². The Hall–Kier alpha value is -1.09. The van der Waals surface area contributed by atoms with Crippen LogP contribution in [0.1, 0.15) is 17.9 Å². The van der Waals surface area contributed by atoms with E-state index in [4.69, 9.17) is 11.6 Å². The number of halogens is 3. The Kier molecular flexibility index (Phi) is 7.53. The van der Waals surface area contributed by atoms with E-state index in [1.807, 2.05) is 0 Å². The summed E-state index contributed by atoms with van der Waals surface area (Å²) in [4.78, 5) is 17.1. The van der Waals surface area contributed by atoms with Crippen molar-refractivity contribution >= 4 is 47.4 Å². The molecule has 23 heavy (non-hydrogen) atoms.